The molecule has 1 unspecified atom stereocenters. The third-order valence-electron chi connectivity index (χ3n) is 3.88. The molecular formula is C15H23N3O2. The van der Waals surface area contributed by atoms with E-state index in [9.17, 15) is 9.90 Å². The lowest BCUT2D eigenvalue weighted by Gasteiger charge is -2.39. The molecule has 0 saturated carbocycles. The minimum atomic E-state index is -0.0630. The number of aromatic hydroxyl groups is 1. The van der Waals surface area contributed by atoms with E-state index in [-0.39, 0.29) is 17.7 Å². The number of anilines is 1. The lowest BCUT2D eigenvalue weighted by atomic mass is 10.2. The first-order valence-electron chi connectivity index (χ1n) is 6.98. The molecule has 0 bridgehead atoms. The predicted molar refractivity (Wildman–Crippen MR) is 80.0 cm³/mol. The number of phenols is 1. The maximum atomic E-state index is 12.0. The van der Waals surface area contributed by atoms with Gasteiger partial charge < -0.3 is 14.9 Å². The van der Waals surface area contributed by atoms with E-state index in [0.717, 1.165) is 31.9 Å². The summed E-state index contributed by atoms with van der Waals surface area (Å²) in [6.07, 6.45) is 0. The molecule has 1 amide bonds. The summed E-state index contributed by atoms with van der Waals surface area (Å²) < 4.78 is 0. The number of piperazine rings is 1. The number of carbonyl (C=O) groups excluding carboxylic acids is 1. The second kappa shape index (κ2) is 6.13. The largest absolute Gasteiger partial charge is 0.508 e. The van der Waals surface area contributed by atoms with Crippen molar-refractivity contribution in [1.29, 1.82) is 0 Å². The number of amides is 1. The molecule has 1 aliphatic heterocycles. The Labute approximate surface area is 120 Å². The fourth-order valence-electron chi connectivity index (χ4n) is 2.56. The molecule has 110 valence electrons. The van der Waals surface area contributed by atoms with Gasteiger partial charge in [-0.05, 0) is 31.2 Å². The normalized spacial score (nSPS) is 17.9. The molecule has 20 heavy (non-hydrogen) atoms. The van der Waals surface area contributed by atoms with Gasteiger partial charge in [-0.3, -0.25) is 9.69 Å². The average Bonchev–Trinajstić information content (AvgIpc) is 2.46. The molecule has 1 aromatic rings. The smallest absolute Gasteiger partial charge is 0.239 e. The van der Waals surface area contributed by atoms with Crippen LogP contribution in [0, 0.1) is 0 Å². The van der Waals surface area contributed by atoms with Crippen molar-refractivity contribution in [1.82, 2.24) is 9.80 Å². The Balaban J connectivity index is 1.92. The molecule has 5 nitrogen and oxygen atoms in total. The van der Waals surface area contributed by atoms with Crippen molar-refractivity contribution in [3.8, 4) is 5.75 Å². The van der Waals surface area contributed by atoms with Crippen LogP contribution in [0.5, 0.6) is 5.75 Å². The number of benzene rings is 1. The van der Waals surface area contributed by atoms with E-state index in [4.69, 9.17) is 0 Å². The summed E-state index contributed by atoms with van der Waals surface area (Å²) in [6.45, 7) is 5.52. The van der Waals surface area contributed by atoms with Crippen molar-refractivity contribution in [3.05, 3.63) is 24.3 Å². The first-order valence-corrected chi connectivity index (χ1v) is 6.98. The van der Waals surface area contributed by atoms with E-state index >= 15 is 0 Å². The van der Waals surface area contributed by atoms with Crippen LogP contribution < -0.4 is 4.90 Å². The Morgan fingerprint density at radius 3 is 2.20 bits per heavy atom. The summed E-state index contributed by atoms with van der Waals surface area (Å²) >= 11 is 0. The zero-order chi connectivity index (χ0) is 14.7. The van der Waals surface area contributed by atoms with Crippen molar-refractivity contribution in [3.63, 3.8) is 0 Å². The van der Waals surface area contributed by atoms with E-state index in [2.05, 4.69) is 9.80 Å². The second-order valence-corrected chi connectivity index (χ2v) is 5.45. The summed E-state index contributed by atoms with van der Waals surface area (Å²) in [7, 11) is 3.59. The van der Waals surface area contributed by atoms with Crippen LogP contribution in [-0.2, 0) is 4.79 Å². The van der Waals surface area contributed by atoms with Crippen molar-refractivity contribution in [2.45, 2.75) is 13.0 Å². The fourth-order valence-corrected chi connectivity index (χ4v) is 2.56. The summed E-state index contributed by atoms with van der Waals surface area (Å²) in [4.78, 5) is 18.1. The maximum absolute atomic E-state index is 12.0. The van der Waals surface area contributed by atoms with Gasteiger partial charge in [0.15, 0.2) is 0 Å². The molecular weight excluding hydrogens is 254 g/mol. The van der Waals surface area contributed by atoms with Crippen LogP contribution in [0.15, 0.2) is 24.3 Å². The van der Waals surface area contributed by atoms with Gasteiger partial charge in [0.05, 0.1) is 6.04 Å². The van der Waals surface area contributed by atoms with Gasteiger partial charge in [0.1, 0.15) is 5.75 Å². The summed E-state index contributed by atoms with van der Waals surface area (Å²) in [5, 5.41) is 9.31. The number of likely N-dealkylation sites (N-methyl/N-ethyl adjacent to an activating group) is 1. The Bertz CT molecular complexity index is 451. The molecule has 1 heterocycles. The summed E-state index contributed by atoms with van der Waals surface area (Å²) in [6, 6.07) is 7.21. The standard InChI is InChI=1S/C15H23N3O2/c1-12(15(20)16(2)3)17-8-10-18(11-9-17)13-4-6-14(19)7-5-13/h4-7,12,19H,8-11H2,1-3H3. The first-order chi connectivity index (χ1) is 9.49. The number of phenolic OH excluding ortho intramolecular Hbond substituents is 1. The monoisotopic (exact) mass is 277 g/mol. The van der Waals surface area contributed by atoms with Gasteiger partial charge in [0.2, 0.25) is 5.91 Å². The van der Waals surface area contributed by atoms with Gasteiger partial charge in [0, 0.05) is 46.0 Å². The molecule has 5 heteroatoms. The molecule has 1 fully saturated rings. The first kappa shape index (κ1) is 14.7. The Hall–Kier alpha value is -1.75. The van der Waals surface area contributed by atoms with Gasteiger partial charge in [-0.1, -0.05) is 0 Å². The predicted octanol–water partition coefficient (Wildman–Crippen LogP) is 0.991. The van der Waals surface area contributed by atoms with Gasteiger partial charge in [-0.15, -0.1) is 0 Å². The third-order valence-corrected chi connectivity index (χ3v) is 3.88. The van der Waals surface area contributed by atoms with E-state index in [0.29, 0.717) is 0 Å². The van der Waals surface area contributed by atoms with Crippen molar-refractivity contribution in [2.75, 3.05) is 45.2 Å². The van der Waals surface area contributed by atoms with Crippen LogP contribution in [0.2, 0.25) is 0 Å². The van der Waals surface area contributed by atoms with Gasteiger partial charge in [-0.25, -0.2) is 0 Å². The third kappa shape index (κ3) is 3.22. The van der Waals surface area contributed by atoms with Crippen LogP contribution >= 0.6 is 0 Å². The molecule has 1 atom stereocenters. The Kier molecular flexibility index (Phi) is 4.49. The molecule has 1 N–H and O–H groups in total. The number of hydrogen-bond donors (Lipinski definition) is 1. The Morgan fingerprint density at radius 2 is 1.70 bits per heavy atom. The molecule has 0 aromatic heterocycles. The average molecular weight is 277 g/mol. The summed E-state index contributed by atoms with van der Waals surface area (Å²) in [5.41, 5.74) is 1.12. The summed E-state index contributed by atoms with van der Waals surface area (Å²) in [5.74, 6) is 0.445. The van der Waals surface area contributed by atoms with E-state index < -0.39 is 0 Å². The highest BCUT2D eigenvalue weighted by Gasteiger charge is 2.26. The number of rotatable bonds is 3. The number of nitrogens with zero attached hydrogens (tertiary/aromatic N) is 3. The molecule has 1 aliphatic rings. The molecule has 2 rings (SSSR count). The van der Waals surface area contributed by atoms with E-state index in [1.807, 2.05) is 19.1 Å². The van der Waals surface area contributed by atoms with Crippen LogP contribution in [0.25, 0.3) is 0 Å². The molecule has 0 spiro atoms. The quantitative estimate of drug-likeness (QED) is 0.895. The SMILES string of the molecule is CC(C(=O)N(C)C)N1CCN(c2ccc(O)cc2)CC1. The molecule has 0 aliphatic carbocycles. The topological polar surface area (TPSA) is 47.0 Å². The molecule has 1 aromatic carbocycles. The second-order valence-electron chi connectivity index (χ2n) is 5.45. The highest BCUT2D eigenvalue weighted by Crippen LogP contribution is 2.20. The lowest BCUT2D eigenvalue weighted by Crippen LogP contribution is -2.53. The highest BCUT2D eigenvalue weighted by molar-refractivity contribution is 5.81. The zero-order valence-corrected chi connectivity index (χ0v) is 12.4. The van der Waals surface area contributed by atoms with Gasteiger partial charge in [-0.2, -0.15) is 0 Å². The molecule has 1 saturated heterocycles. The number of carbonyl (C=O) groups is 1. The number of hydrogen-bond acceptors (Lipinski definition) is 4. The minimum Gasteiger partial charge on any atom is -0.508 e. The van der Waals surface area contributed by atoms with Crippen molar-refractivity contribution in [2.24, 2.45) is 0 Å². The zero-order valence-electron chi connectivity index (χ0n) is 12.4. The fraction of sp³-hybridized carbons (Fsp3) is 0.533. The lowest BCUT2D eigenvalue weighted by molar-refractivity contribution is -0.133. The van der Waals surface area contributed by atoms with Gasteiger partial charge in [0.25, 0.3) is 0 Å². The van der Waals surface area contributed by atoms with Crippen molar-refractivity contribution < 1.29 is 9.90 Å². The van der Waals surface area contributed by atoms with E-state index in [1.165, 1.54) is 0 Å². The van der Waals surface area contributed by atoms with Crippen molar-refractivity contribution >= 4 is 11.6 Å². The van der Waals surface area contributed by atoms with E-state index in [1.54, 1.807) is 31.1 Å². The highest BCUT2D eigenvalue weighted by atomic mass is 16.3. The maximum Gasteiger partial charge on any atom is 0.239 e. The van der Waals surface area contributed by atoms with Gasteiger partial charge >= 0.3 is 0 Å². The Morgan fingerprint density at radius 1 is 1.15 bits per heavy atom. The van der Waals surface area contributed by atoms with Crippen LogP contribution in [0.3, 0.4) is 0 Å². The minimum absolute atomic E-state index is 0.0630. The van der Waals surface area contributed by atoms with Crippen LogP contribution in [0.4, 0.5) is 5.69 Å². The van der Waals surface area contributed by atoms with Crippen LogP contribution in [-0.4, -0.2) is 67.1 Å². The molecule has 0 radical (unpaired) electrons. The van der Waals surface area contributed by atoms with Crippen LogP contribution in [0.1, 0.15) is 6.92 Å².